The van der Waals surface area contributed by atoms with Gasteiger partial charge in [-0.15, -0.1) is 0 Å². The van der Waals surface area contributed by atoms with E-state index in [1.807, 2.05) is 31.2 Å². The lowest BCUT2D eigenvalue weighted by Gasteiger charge is -2.13. The predicted octanol–water partition coefficient (Wildman–Crippen LogP) is 2.96. The Balaban J connectivity index is 1.63. The number of carbonyl (C=O) groups excluding carboxylic acids is 2. The fraction of sp³-hybridized carbons (Fsp3) is 0.286. The van der Waals surface area contributed by atoms with Gasteiger partial charge in [-0.1, -0.05) is 41.4 Å². The third kappa shape index (κ3) is 5.96. The molecule has 2 aromatic carbocycles. The SMILES string of the molecule is COc1cc(/C=N\NC(=O)C(=O)NC2CC2)cc(Cl)c1OCc1ccc(C)cc1. The second kappa shape index (κ2) is 9.43. The summed E-state index contributed by atoms with van der Waals surface area (Å²) < 4.78 is 11.2. The normalized spacial score (nSPS) is 13.2. The first kappa shape index (κ1) is 20.7. The molecule has 0 aliphatic heterocycles. The monoisotopic (exact) mass is 415 g/mol. The van der Waals surface area contributed by atoms with Crippen molar-refractivity contribution in [2.24, 2.45) is 5.10 Å². The first-order valence-corrected chi connectivity index (χ1v) is 9.54. The quantitative estimate of drug-likeness (QED) is 0.413. The van der Waals surface area contributed by atoms with Gasteiger partial charge in [0.25, 0.3) is 0 Å². The van der Waals surface area contributed by atoms with Crippen molar-refractivity contribution < 1.29 is 19.1 Å². The number of hydrazone groups is 1. The lowest BCUT2D eigenvalue weighted by atomic mass is 10.1. The molecule has 0 radical (unpaired) electrons. The summed E-state index contributed by atoms with van der Waals surface area (Å²) >= 11 is 6.34. The predicted molar refractivity (Wildman–Crippen MR) is 110 cm³/mol. The maximum absolute atomic E-state index is 11.7. The Labute approximate surface area is 174 Å². The number of nitrogens with one attached hydrogen (secondary N) is 2. The molecule has 2 amide bonds. The first-order valence-electron chi connectivity index (χ1n) is 9.16. The van der Waals surface area contributed by atoms with Crippen LogP contribution in [0.2, 0.25) is 5.02 Å². The van der Waals surface area contributed by atoms with Crippen LogP contribution in [0.3, 0.4) is 0 Å². The molecule has 0 atom stereocenters. The van der Waals surface area contributed by atoms with Crippen LogP contribution in [0.15, 0.2) is 41.5 Å². The topological polar surface area (TPSA) is 89.0 Å². The minimum Gasteiger partial charge on any atom is -0.493 e. The molecule has 152 valence electrons. The number of carbonyl (C=O) groups is 2. The Morgan fingerprint density at radius 2 is 1.93 bits per heavy atom. The molecule has 3 rings (SSSR count). The minimum atomic E-state index is -0.815. The van der Waals surface area contributed by atoms with Gasteiger partial charge in [0.05, 0.1) is 18.3 Å². The van der Waals surface area contributed by atoms with Crippen LogP contribution in [0, 0.1) is 6.92 Å². The maximum atomic E-state index is 11.7. The van der Waals surface area contributed by atoms with Crippen LogP contribution in [-0.4, -0.2) is 31.2 Å². The highest BCUT2D eigenvalue weighted by Gasteiger charge is 2.26. The molecule has 2 aromatic rings. The zero-order chi connectivity index (χ0) is 20.8. The molecule has 1 fully saturated rings. The van der Waals surface area contributed by atoms with Gasteiger partial charge in [0.2, 0.25) is 0 Å². The number of benzene rings is 2. The summed E-state index contributed by atoms with van der Waals surface area (Å²) in [6.07, 6.45) is 3.18. The molecule has 29 heavy (non-hydrogen) atoms. The van der Waals surface area contributed by atoms with Crippen molar-refractivity contribution in [1.82, 2.24) is 10.7 Å². The van der Waals surface area contributed by atoms with Crippen molar-refractivity contribution in [3.05, 3.63) is 58.1 Å². The van der Waals surface area contributed by atoms with Gasteiger partial charge in [0.15, 0.2) is 11.5 Å². The van der Waals surface area contributed by atoms with Crippen molar-refractivity contribution in [3.63, 3.8) is 0 Å². The van der Waals surface area contributed by atoms with E-state index in [2.05, 4.69) is 15.8 Å². The molecule has 1 saturated carbocycles. The number of methoxy groups -OCH3 is 1. The number of nitrogens with zero attached hydrogens (tertiary/aromatic N) is 1. The zero-order valence-electron chi connectivity index (χ0n) is 16.2. The van der Waals surface area contributed by atoms with Gasteiger partial charge in [-0.25, -0.2) is 5.43 Å². The average Bonchev–Trinajstić information content (AvgIpc) is 3.52. The third-order valence-corrected chi connectivity index (χ3v) is 4.53. The Kier molecular flexibility index (Phi) is 6.72. The average molecular weight is 416 g/mol. The van der Waals surface area contributed by atoms with Crippen molar-refractivity contribution in [3.8, 4) is 11.5 Å². The summed E-state index contributed by atoms with van der Waals surface area (Å²) in [7, 11) is 1.51. The van der Waals surface area contributed by atoms with Crippen LogP contribution >= 0.6 is 11.6 Å². The number of aryl methyl sites for hydroxylation is 1. The van der Waals surface area contributed by atoms with Gasteiger partial charge < -0.3 is 14.8 Å². The van der Waals surface area contributed by atoms with Crippen LogP contribution in [0.4, 0.5) is 0 Å². The van der Waals surface area contributed by atoms with Gasteiger partial charge in [0.1, 0.15) is 6.61 Å². The molecular weight excluding hydrogens is 394 g/mol. The lowest BCUT2D eigenvalue weighted by Crippen LogP contribution is -2.38. The van der Waals surface area contributed by atoms with Gasteiger partial charge in [-0.2, -0.15) is 5.10 Å². The largest absolute Gasteiger partial charge is 0.493 e. The Bertz CT molecular complexity index is 924. The van der Waals surface area contributed by atoms with E-state index < -0.39 is 11.8 Å². The number of halogens is 1. The second-order valence-corrected chi connectivity index (χ2v) is 7.16. The van der Waals surface area contributed by atoms with E-state index in [0.29, 0.717) is 28.7 Å². The third-order valence-electron chi connectivity index (χ3n) is 4.25. The van der Waals surface area contributed by atoms with E-state index in [-0.39, 0.29) is 6.04 Å². The van der Waals surface area contributed by atoms with Gasteiger partial charge in [0, 0.05) is 6.04 Å². The standard InChI is InChI=1S/C21H22ClN3O4/c1-13-3-5-14(6-4-13)12-29-19-17(22)9-15(10-18(19)28-2)11-23-25-21(27)20(26)24-16-7-8-16/h3-6,9-11,16H,7-8,12H2,1-2H3,(H,24,26)(H,25,27)/b23-11-. The first-order chi connectivity index (χ1) is 14.0. The molecule has 1 aliphatic rings. The van der Waals surface area contributed by atoms with Crippen LogP contribution in [0.5, 0.6) is 11.5 Å². The molecule has 2 N–H and O–H groups in total. The summed E-state index contributed by atoms with van der Waals surface area (Å²) in [4.78, 5) is 23.3. The fourth-order valence-corrected chi connectivity index (χ4v) is 2.76. The number of hydrogen-bond acceptors (Lipinski definition) is 5. The molecule has 0 saturated heterocycles. The van der Waals surface area contributed by atoms with Gasteiger partial charge in [-0.05, 0) is 43.0 Å². The van der Waals surface area contributed by atoms with E-state index in [4.69, 9.17) is 21.1 Å². The van der Waals surface area contributed by atoms with Gasteiger partial charge >= 0.3 is 11.8 Å². The Morgan fingerprint density at radius 3 is 2.59 bits per heavy atom. The number of hydrogen-bond donors (Lipinski definition) is 2. The zero-order valence-corrected chi connectivity index (χ0v) is 17.0. The van der Waals surface area contributed by atoms with Crippen LogP contribution in [0.1, 0.15) is 29.5 Å². The maximum Gasteiger partial charge on any atom is 0.329 e. The summed E-state index contributed by atoms with van der Waals surface area (Å²) in [6, 6.07) is 11.4. The minimum absolute atomic E-state index is 0.104. The summed E-state index contributed by atoms with van der Waals surface area (Å²) in [5.41, 5.74) is 4.95. The highest BCUT2D eigenvalue weighted by atomic mass is 35.5. The molecule has 0 spiro atoms. The van der Waals surface area contributed by atoms with E-state index >= 15 is 0 Å². The molecule has 0 unspecified atom stereocenters. The summed E-state index contributed by atoms with van der Waals surface area (Å²) in [6.45, 7) is 2.36. The lowest BCUT2D eigenvalue weighted by molar-refractivity contribution is -0.139. The smallest absolute Gasteiger partial charge is 0.329 e. The van der Waals surface area contributed by atoms with E-state index in [1.54, 1.807) is 12.1 Å². The van der Waals surface area contributed by atoms with Crippen LogP contribution in [-0.2, 0) is 16.2 Å². The number of amides is 2. The molecule has 1 aliphatic carbocycles. The summed E-state index contributed by atoms with van der Waals surface area (Å²) in [5, 5.41) is 6.73. The van der Waals surface area contributed by atoms with Crippen molar-refractivity contribution in [2.75, 3.05) is 7.11 Å². The van der Waals surface area contributed by atoms with Crippen molar-refractivity contribution in [1.29, 1.82) is 0 Å². The van der Waals surface area contributed by atoms with Crippen molar-refractivity contribution >= 4 is 29.6 Å². The Hall–Kier alpha value is -3.06. The highest BCUT2D eigenvalue weighted by Crippen LogP contribution is 2.36. The second-order valence-electron chi connectivity index (χ2n) is 6.76. The number of rotatable bonds is 7. The molecule has 0 bridgehead atoms. The summed E-state index contributed by atoms with van der Waals surface area (Å²) in [5.74, 6) is -0.659. The highest BCUT2D eigenvalue weighted by molar-refractivity contribution is 6.35. The molecule has 8 heteroatoms. The van der Waals surface area contributed by atoms with Gasteiger partial charge in [-0.3, -0.25) is 9.59 Å². The van der Waals surface area contributed by atoms with E-state index in [9.17, 15) is 9.59 Å². The fourth-order valence-electron chi connectivity index (χ4n) is 2.49. The van der Waals surface area contributed by atoms with Crippen LogP contribution < -0.4 is 20.2 Å². The van der Waals surface area contributed by atoms with Crippen molar-refractivity contribution in [2.45, 2.75) is 32.4 Å². The Morgan fingerprint density at radius 1 is 1.21 bits per heavy atom. The number of ether oxygens (including phenoxy) is 2. The molecule has 0 heterocycles. The van der Waals surface area contributed by atoms with E-state index in [0.717, 1.165) is 18.4 Å². The van der Waals surface area contributed by atoms with Crippen LogP contribution in [0.25, 0.3) is 0 Å². The molecule has 7 nitrogen and oxygen atoms in total. The van der Waals surface area contributed by atoms with E-state index in [1.165, 1.54) is 18.9 Å². The molecular formula is C21H22ClN3O4. The molecule has 0 aromatic heterocycles.